The zero-order chi connectivity index (χ0) is 19.9. The highest BCUT2D eigenvalue weighted by Gasteiger charge is 2.13. The minimum Gasteiger partial charge on any atom is -0.435 e. The standard InChI is InChI=1S/C21H25F2N3O2/c1-25(14-16-4-10-19(11-5-16)28-21(22)23)15-20(27)24-17-6-8-18(9-7-17)26-12-2-3-13-26/h4-11,21H,2-3,12-15H2,1H3,(H,24,27). The van der Waals surface area contributed by atoms with Crippen molar-refractivity contribution in [3.63, 3.8) is 0 Å². The number of carbonyl (C=O) groups is 1. The van der Waals surface area contributed by atoms with Crippen LogP contribution < -0.4 is 15.0 Å². The largest absolute Gasteiger partial charge is 0.435 e. The maximum atomic E-state index is 12.3. The molecule has 0 spiro atoms. The lowest BCUT2D eigenvalue weighted by atomic mass is 10.2. The van der Waals surface area contributed by atoms with Crippen molar-refractivity contribution in [1.29, 1.82) is 0 Å². The molecule has 0 saturated carbocycles. The van der Waals surface area contributed by atoms with Gasteiger partial charge in [-0.15, -0.1) is 0 Å². The van der Waals surface area contributed by atoms with E-state index in [0.717, 1.165) is 24.3 Å². The maximum Gasteiger partial charge on any atom is 0.387 e. The Balaban J connectivity index is 1.46. The molecule has 5 nitrogen and oxygen atoms in total. The number of anilines is 2. The van der Waals surface area contributed by atoms with Crippen LogP contribution in [-0.4, -0.2) is 44.1 Å². The zero-order valence-corrected chi connectivity index (χ0v) is 15.9. The third-order valence-corrected chi connectivity index (χ3v) is 4.64. The molecule has 3 rings (SSSR count). The summed E-state index contributed by atoms with van der Waals surface area (Å²) in [6, 6.07) is 14.3. The summed E-state index contributed by atoms with van der Waals surface area (Å²) >= 11 is 0. The summed E-state index contributed by atoms with van der Waals surface area (Å²) in [4.78, 5) is 16.5. The highest BCUT2D eigenvalue weighted by atomic mass is 19.3. The van der Waals surface area contributed by atoms with Gasteiger partial charge in [0, 0.05) is 31.0 Å². The lowest BCUT2D eigenvalue weighted by molar-refractivity contribution is -0.117. The first-order valence-corrected chi connectivity index (χ1v) is 9.37. The number of amides is 1. The number of benzene rings is 2. The monoisotopic (exact) mass is 389 g/mol. The van der Waals surface area contributed by atoms with Gasteiger partial charge in [-0.1, -0.05) is 12.1 Å². The van der Waals surface area contributed by atoms with E-state index in [9.17, 15) is 13.6 Å². The van der Waals surface area contributed by atoms with Gasteiger partial charge in [-0.2, -0.15) is 8.78 Å². The summed E-state index contributed by atoms with van der Waals surface area (Å²) < 4.78 is 28.7. The van der Waals surface area contributed by atoms with Gasteiger partial charge in [0.05, 0.1) is 6.54 Å². The van der Waals surface area contributed by atoms with Crippen molar-refractivity contribution in [2.75, 3.05) is 36.9 Å². The van der Waals surface area contributed by atoms with Gasteiger partial charge in [0.2, 0.25) is 5.91 Å². The lowest BCUT2D eigenvalue weighted by Crippen LogP contribution is -2.29. The first-order valence-electron chi connectivity index (χ1n) is 9.37. The number of ether oxygens (including phenoxy) is 1. The zero-order valence-electron chi connectivity index (χ0n) is 15.9. The van der Waals surface area contributed by atoms with Crippen LogP contribution in [0.3, 0.4) is 0 Å². The molecule has 1 amide bonds. The van der Waals surface area contributed by atoms with Crippen LogP contribution in [0.25, 0.3) is 0 Å². The van der Waals surface area contributed by atoms with E-state index in [0.29, 0.717) is 6.54 Å². The van der Waals surface area contributed by atoms with Gasteiger partial charge >= 0.3 is 6.61 Å². The Kier molecular flexibility index (Phi) is 6.81. The van der Waals surface area contributed by atoms with Crippen molar-refractivity contribution in [2.24, 2.45) is 0 Å². The highest BCUT2D eigenvalue weighted by Crippen LogP contribution is 2.22. The predicted molar refractivity (Wildman–Crippen MR) is 106 cm³/mol. The van der Waals surface area contributed by atoms with Gasteiger partial charge < -0.3 is 15.0 Å². The summed E-state index contributed by atoms with van der Waals surface area (Å²) in [5.74, 6) is 0.0191. The Morgan fingerprint density at radius 1 is 1.11 bits per heavy atom. The quantitative estimate of drug-likeness (QED) is 0.742. The van der Waals surface area contributed by atoms with E-state index in [1.165, 1.54) is 30.7 Å². The lowest BCUT2D eigenvalue weighted by Gasteiger charge is -2.19. The highest BCUT2D eigenvalue weighted by molar-refractivity contribution is 5.92. The number of hydrogen-bond acceptors (Lipinski definition) is 4. The Morgan fingerprint density at radius 3 is 2.36 bits per heavy atom. The van der Waals surface area contributed by atoms with Crippen molar-refractivity contribution in [1.82, 2.24) is 4.90 Å². The van der Waals surface area contributed by atoms with Crippen molar-refractivity contribution >= 4 is 17.3 Å². The third kappa shape index (κ3) is 5.92. The topological polar surface area (TPSA) is 44.8 Å². The van der Waals surface area contributed by atoms with E-state index in [-0.39, 0.29) is 18.2 Å². The maximum absolute atomic E-state index is 12.3. The molecule has 0 atom stereocenters. The SMILES string of the molecule is CN(CC(=O)Nc1ccc(N2CCCC2)cc1)Cc1ccc(OC(F)F)cc1. The molecule has 1 aliphatic rings. The van der Waals surface area contributed by atoms with Crippen LogP contribution >= 0.6 is 0 Å². The number of nitrogens with zero attached hydrogens (tertiary/aromatic N) is 2. The van der Waals surface area contributed by atoms with Crippen LogP contribution in [0.2, 0.25) is 0 Å². The molecule has 1 heterocycles. The Bertz CT molecular complexity index is 760. The van der Waals surface area contributed by atoms with E-state index in [1.807, 2.05) is 36.2 Å². The summed E-state index contributed by atoms with van der Waals surface area (Å²) in [6.07, 6.45) is 2.46. The molecule has 0 unspecified atom stereocenters. The number of likely N-dealkylation sites (N-methyl/N-ethyl adjacent to an activating group) is 1. The Morgan fingerprint density at radius 2 is 1.75 bits per heavy atom. The molecule has 28 heavy (non-hydrogen) atoms. The van der Waals surface area contributed by atoms with Crippen molar-refractivity contribution in [3.8, 4) is 5.75 Å². The smallest absolute Gasteiger partial charge is 0.387 e. The van der Waals surface area contributed by atoms with Crippen molar-refractivity contribution in [3.05, 3.63) is 54.1 Å². The normalized spacial score (nSPS) is 14.0. The molecule has 0 aromatic heterocycles. The molecule has 2 aromatic carbocycles. The van der Waals surface area contributed by atoms with Gasteiger partial charge in [0.1, 0.15) is 5.75 Å². The van der Waals surface area contributed by atoms with E-state index >= 15 is 0 Å². The van der Waals surface area contributed by atoms with Crippen LogP contribution in [-0.2, 0) is 11.3 Å². The Labute approximate surface area is 163 Å². The molecular weight excluding hydrogens is 364 g/mol. The second-order valence-corrected chi connectivity index (χ2v) is 6.98. The van der Waals surface area contributed by atoms with Crippen molar-refractivity contribution < 1.29 is 18.3 Å². The summed E-state index contributed by atoms with van der Waals surface area (Å²) in [5, 5.41) is 2.90. The second-order valence-electron chi connectivity index (χ2n) is 6.98. The minimum atomic E-state index is -2.83. The summed E-state index contributed by atoms with van der Waals surface area (Å²) in [5.41, 5.74) is 2.87. The van der Waals surface area contributed by atoms with Crippen molar-refractivity contribution in [2.45, 2.75) is 26.0 Å². The van der Waals surface area contributed by atoms with Gasteiger partial charge in [0.25, 0.3) is 0 Å². The molecule has 0 aliphatic carbocycles. The minimum absolute atomic E-state index is 0.103. The molecule has 1 saturated heterocycles. The number of alkyl halides is 2. The molecule has 0 radical (unpaired) electrons. The fourth-order valence-corrected chi connectivity index (χ4v) is 3.32. The molecule has 1 aliphatic heterocycles. The van der Waals surface area contributed by atoms with Gasteiger partial charge in [0.15, 0.2) is 0 Å². The average Bonchev–Trinajstić information content (AvgIpc) is 3.18. The molecular formula is C21H25F2N3O2. The van der Waals surface area contributed by atoms with E-state index in [2.05, 4.69) is 15.0 Å². The Hall–Kier alpha value is -2.67. The number of carbonyl (C=O) groups excluding carboxylic acids is 1. The van der Waals surface area contributed by atoms with E-state index in [1.54, 1.807) is 12.1 Å². The molecule has 7 heteroatoms. The molecule has 2 aromatic rings. The van der Waals surface area contributed by atoms with Crippen LogP contribution in [0.5, 0.6) is 5.75 Å². The predicted octanol–water partition coefficient (Wildman–Crippen LogP) is 3.96. The first kappa shape index (κ1) is 20.1. The molecule has 1 N–H and O–H groups in total. The van der Waals surface area contributed by atoms with Crippen LogP contribution in [0.4, 0.5) is 20.2 Å². The molecule has 1 fully saturated rings. The second kappa shape index (κ2) is 9.50. The summed E-state index contributed by atoms with van der Waals surface area (Å²) in [6.45, 7) is 0.0957. The van der Waals surface area contributed by atoms with Gasteiger partial charge in [-0.3, -0.25) is 9.69 Å². The fourth-order valence-electron chi connectivity index (χ4n) is 3.32. The number of halogens is 2. The molecule has 150 valence electrons. The number of nitrogens with one attached hydrogen (secondary N) is 1. The van der Waals surface area contributed by atoms with Gasteiger partial charge in [-0.25, -0.2) is 0 Å². The van der Waals surface area contributed by atoms with E-state index in [4.69, 9.17) is 0 Å². The number of hydrogen-bond donors (Lipinski definition) is 1. The average molecular weight is 389 g/mol. The molecule has 0 bridgehead atoms. The van der Waals surface area contributed by atoms with Gasteiger partial charge in [-0.05, 0) is 61.9 Å². The number of rotatable bonds is 8. The summed E-state index contributed by atoms with van der Waals surface area (Å²) in [7, 11) is 1.83. The van der Waals surface area contributed by atoms with Crippen LogP contribution in [0.1, 0.15) is 18.4 Å². The van der Waals surface area contributed by atoms with E-state index < -0.39 is 6.61 Å². The van der Waals surface area contributed by atoms with Crippen LogP contribution in [0, 0.1) is 0 Å². The first-order chi connectivity index (χ1) is 13.5. The van der Waals surface area contributed by atoms with Crippen LogP contribution in [0.15, 0.2) is 48.5 Å². The fraction of sp³-hybridized carbons (Fsp3) is 0.381. The third-order valence-electron chi connectivity index (χ3n) is 4.64.